The Kier molecular flexibility index (Phi) is 2.57. The van der Waals surface area contributed by atoms with Gasteiger partial charge >= 0.3 is 0 Å². The van der Waals surface area contributed by atoms with E-state index in [1.807, 2.05) is 0 Å². The summed E-state index contributed by atoms with van der Waals surface area (Å²) in [5.74, 6) is 0.764. The predicted molar refractivity (Wildman–Crippen MR) is 49.4 cm³/mol. The van der Waals surface area contributed by atoms with Crippen LogP contribution in [0.4, 0.5) is 0 Å². The quantitative estimate of drug-likeness (QED) is 0.501. The minimum Gasteiger partial charge on any atom is -0.133 e. The van der Waals surface area contributed by atoms with Gasteiger partial charge in [-0.3, -0.25) is 0 Å². The van der Waals surface area contributed by atoms with E-state index in [0.29, 0.717) is 5.41 Å². The highest BCUT2D eigenvalue weighted by atomic mass is 14.3. The summed E-state index contributed by atoms with van der Waals surface area (Å²) in [5.41, 5.74) is 3.48. The average molecular weight is 150 g/mol. The molecule has 0 bridgehead atoms. The van der Waals surface area contributed by atoms with Crippen LogP contribution >= 0.6 is 0 Å². The van der Waals surface area contributed by atoms with Crippen LogP contribution in [-0.4, -0.2) is 0 Å². The molecule has 0 atom stereocenters. The number of hydrogen-bond acceptors (Lipinski definition) is 0. The van der Waals surface area contributed by atoms with E-state index in [1.165, 1.54) is 25.7 Å². The van der Waals surface area contributed by atoms with Crippen LogP contribution in [0.3, 0.4) is 0 Å². The lowest BCUT2D eigenvalue weighted by molar-refractivity contribution is 0.214. The molecule has 62 valence electrons. The van der Waals surface area contributed by atoms with Gasteiger partial charge in [-0.15, -0.1) is 5.73 Å². The van der Waals surface area contributed by atoms with E-state index in [0.717, 1.165) is 5.92 Å². The maximum atomic E-state index is 3.61. The third kappa shape index (κ3) is 2.55. The van der Waals surface area contributed by atoms with Crippen molar-refractivity contribution >= 4 is 0 Å². The first-order chi connectivity index (χ1) is 5.14. The summed E-state index contributed by atoms with van der Waals surface area (Å²) in [6, 6.07) is 0. The van der Waals surface area contributed by atoms with Gasteiger partial charge in [0.15, 0.2) is 0 Å². The van der Waals surface area contributed by atoms with Gasteiger partial charge in [0, 0.05) is 0 Å². The molecular formula is C11H18. The van der Waals surface area contributed by atoms with Crippen molar-refractivity contribution in [3.63, 3.8) is 0 Å². The smallest absolute Gasteiger partial charge is 0.0157 e. The van der Waals surface area contributed by atoms with Gasteiger partial charge in [-0.1, -0.05) is 20.4 Å². The zero-order chi connectivity index (χ0) is 8.32. The van der Waals surface area contributed by atoms with Crippen LogP contribution in [0.25, 0.3) is 0 Å². The Labute approximate surface area is 70.0 Å². The van der Waals surface area contributed by atoms with Gasteiger partial charge in [0.25, 0.3) is 0 Å². The minimum absolute atomic E-state index is 0.589. The first-order valence-electron chi connectivity index (χ1n) is 4.50. The van der Waals surface area contributed by atoms with Crippen LogP contribution < -0.4 is 0 Å². The molecule has 0 heterocycles. The summed E-state index contributed by atoms with van der Waals surface area (Å²) in [6.45, 7) is 8.33. The Morgan fingerprint density at radius 2 is 1.91 bits per heavy atom. The van der Waals surface area contributed by atoms with Crippen molar-refractivity contribution in [3.8, 4) is 0 Å². The lowest BCUT2D eigenvalue weighted by atomic mass is 9.73. The Hall–Kier alpha value is -0.480. The van der Waals surface area contributed by atoms with Gasteiger partial charge in [-0.2, -0.15) is 0 Å². The Bertz CT molecular complexity index is 160. The monoisotopic (exact) mass is 150 g/mol. The van der Waals surface area contributed by atoms with E-state index < -0.39 is 0 Å². The van der Waals surface area contributed by atoms with Crippen molar-refractivity contribution in [1.29, 1.82) is 0 Å². The van der Waals surface area contributed by atoms with Crippen molar-refractivity contribution < 1.29 is 0 Å². The van der Waals surface area contributed by atoms with Crippen LogP contribution in [-0.2, 0) is 0 Å². The van der Waals surface area contributed by atoms with Crippen LogP contribution in [0, 0.1) is 11.3 Å². The Morgan fingerprint density at radius 3 is 2.36 bits per heavy atom. The summed E-state index contributed by atoms with van der Waals surface area (Å²) in [6.07, 6.45) is 7.51. The fourth-order valence-electron chi connectivity index (χ4n) is 1.75. The molecule has 0 spiro atoms. The van der Waals surface area contributed by atoms with Gasteiger partial charge in [0.1, 0.15) is 0 Å². The summed E-state index contributed by atoms with van der Waals surface area (Å²) < 4.78 is 0. The largest absolute Gasteiger partial charge is 0.133 e. The number of allylic oxidation sites excluding steroid dienone is 1. The first-order valence-corrected chi connectivity index (χ1v) is 4.50. The molecule has 1 fully saturated rings. The lowest BCUT2D eigenvalue weighted by Crippen LogP contribution is -2.19. The maximum absolute atomic E-state index is 3.61. The Balaban J connectivity index is 2.42. The second-order valence-corrected chi connectivity index (χ2v) is 4.37. The van der Waals surface area contributed by atoms with E-state index in [2.05, 4.69) is 32.2 Å². The average Bonchev–Trinajstić information content (AvgIpc) is 1.94. The fraction of sp³-hybridized carbons (Fsp3) is 0.727. The van der Waals surface area contributed by atoms with Crippen molar-refractivity contribution in [3.05, 3.63) is 18.4 Å². The molecule has 1 saturated carbocycles. The molecule has 11 heavy (non-hydrogen) atoms. The molecule has 0 aromatic carbocycles. The summed E-state index contributed by atoms with van der Waals surface area (Å²) >= 11 is 0. The molecule has 0 nitrogen and oxygen atoms in total. The molecule has 0 aromatic heterocycles. The molecule has 0 radical (unpaired) electrons. The molecule has 1 aliphatic rings. The van der Waals surface area contributed by atoms with E-state index in [-0.39, 0.29) is 0 Å². The predicted octanol–water partition coefficient (Wildman–Crippen LogP) is 3.54. The molecule has 0 heteroatoms. The van der Waals surface area contributed by atoms with E-state index in [4.69, 9.17) is 0 Å². The highest BCUT2D eigenvalue weighted by molar-refractivity contribution is 4.89. The molecule has 1 aliphatic carbocycles. The second kappa shape index (κ2) is 3.28. The van der Waals surface area contributed by atoms with Gasteiger partial charge in [-0.05, 0) is 43.1 Å². The summed E-state index contributed by atoms with van der Waals surface area (Å²) in [7, 11) is 0. The summed E-state index contributed by atoms with van der Waals surface area (Å²) in [5, 5.41) is 0. The van der Waals surface area contributed by atoms with Crippen LogP contribution in [0.5, 0.6) is 0 Å². The maximum Gasteiger partial charge on any atom is -0.0157 e. The van der Waals surface area contributed by atoms with Crippen molar-refractivity contribution in [1.82, 2.24) is 0 Å². The van der Waals surface area contributed by atoms with Gasteiger partial charge in [0.05, 0.1) is 0 Å². The zero-order valence-electron chi connectivity index (χ0n) is 7.69. The third-order valence-electron chi connectivity index (χ3n) is 2.74. The highest BCUT2D eigenvalue weighted by Gasteiger charge is 2.25. The lowest BCUT2D eigenvalue weighted by Gasteiger charge is -2.32. The molecule has 0 aromatic rings. The first kappa shape index (κ1) is 8.62. The van der Waals surface area contributed by atoms with Gasteiger partial charge < -0.3 is 0 Å². The van der Waals surface area contributed by atoms with Gasteiger partial charge in [0.2, 0.25) is 0 Å². The van der Waals surface area contributed by atoms with E-state index in [1.54, 1.807) is 0 Å². The van der Waals surface area contributed by atoms with Crippen molar-refractivity contribution in [2.75, 3.05) is 0 Å². The third-order valence-corrected chi connectivity index (χ3v) is 2.74. The Morgan fingerprint density at radius 1 is 1.36 bits per heavy atom. The molecule has 0 aliphatic heterocycles. The van der Waals surface area contributed by atoms with Gasteiger partial charge in [-0.25, -0.2) is 0 Å². The van der Waals surface area contributed by atoms with Crippen LogP contribution in [0.1, 0.15) is 39.5 Å². The van der Waals surface area contributed by atoms with Crippen molar-refractivity contribution in [2.45, 2.75) is 39.5 Å². The fourth-order valence-corrected chi connectivity index (χ4v) is 1.75. The normalized spacial score (nSPS) is 24.2. The van der Waals surface area contributed by atoms with Crippen LogP contribution in [0.2, 0.25) is 0 Å². The zero-order valence-corrected chi connectivity index (χ0v) is 7.69. The molecule has 0 N–H and O–H groups in total. The van der Waals surface area contributed by atoms with E-state index >= 15 is 0 Å². The van der Waals surface area contributed by atoms with Crippen LogP contribution in [0.15, 0.2) is 18.4 Å². The number of hydrogen-bond donors (Lipinski definition) is 0. The minimum atomic E-state index is 0.589. The van der Waals surface area contributed by atoms with E-state index in [9.17, 15) is 0 Å². The topological polar surface area (TPSA) is 0 Å². The number of rotatable bonds is 1. The SMILES string of the molecule is C=C=CC1CCC(C)(C)CC1. The molecule has 0 saturated heterocycles. The molecule has 1 rings (SSSR count). The molecular weight excluding hydrogens is 132 g/mol. The standard InChI is InChI=1S/C11H18/c1-4-5-10-6-8-11(2,3)9-7-10/h5,10H,1,6-9H2,2-3H3. The summed E-state index contributed by atoms with van der Waals surface area (Å²) in [4.78, 5) is 0. The molecule has 0 unspecified atom stereocenters. The highest BCUT2D eigenvalue weighted by Crippen LogP contribution is 2.38. The van der Waals surface area contributed by atoms with Crippen molar-refractivity contribution in [2.24, 2.45) is 11.3 Å². The molecule has 0 amide bonds. The second-order valence-electron chi connectivity index (χ2n) is 4.37.